The zero-order valence-electron chi connectivity index (χ0n) is 17.0. The molecule has 1 aromatic heterocycles. The molecule has 0 radical (unpaired) electrons. The van der Waals surface area contributed by atoms with Gasteiger partial charge in [-0.05, 0) is 31.0 Å². The number of carbonyl (C=O) groups excluding carboxylic acids is 1. The van der Waals surface area contributed by atoms with E-state index < -0.39 is 12.2 Å². The molecule has 0 bridgehead atoms. The van der Waals surface area contributed by atoms with E-state index in [9.17, 15) is 9.18 Å². The molecule has 2 aliphatic rings. The van der Waals surface area contributed by atoms with Crippen LogP contribution in [-0.4, -0.2) is 72.3 Å². The van der Waals surface area contributed by atoms with Crippen molar-refractivity contribution in [2.45, 2.75) is 37.6 Å². The van der Waals surface area contributed by atoms with Crippen molar-refractivity contribution >= 4 is 16.8 Å². The van der Waals surface area contributed by atoms with Gasteiger partial charge in [0.1, 0.15) is 29.8 Å². The number of amides is 1. The van der Waals surface area contributed by atoms with Crippen LogP contribution >= 0.6 is 0 Å². The third kappa shape index (κ3) is 4.31. The minimum atomic E-state index is -1.10. The number of ether oxygens (including phenoxy) is 2. The molecular weight excluding hydrogens is 387 g/mol. The number of benzene rings is 1. The lowest BCUT2D eigenvalue weighted by molar-refractivity contribution is -0.133. The van der Waals surface area contributed by atoms with Crippen molar-refractivity contribution in [3.05, 3.63) is 30.5 Å². The summed E-state index contributed by atoms with van der Waals surface area (Å²) < 4.78 is 25.1. The molecule has 0 unspecified atom stereocenters. The van der Waals surface area contributed by atoms with E-state index in [0.29, 0.717) is 0 Å². The summed E-state index contributed by atoms with van der Waals surface area (Å²) in [6, 6.07) is 8.97. The number of carbonyl (C=O) groups is 1. The van der Waals surface area contributed by atoms with Crippen LogP contribution in [0.3, 0.4) is 0 Å². The first-order valence-electron chi connectivity index (χ1n) is 10.2. The van der Waals surface area contributed by atoms with Crippen LogP contribution in [0.4, 0.5) is 4.39 Å². The van der Waals surface area contributed by atoms with Crippen molar-refractivity contribution in [3.63, 3.8) is 0 Å². The van der Waals surface area contributed by atoms with Gasteiger partial charge in [-0.3, -0.25) is 14.7 Å². The average Bonchev–Trinajstić information content (AvgIpc) is 3.16. The first kappa shape index (κ1) is 20.4. The van der Waals surface area contributed by atoms with E-state index >= 15 is 0 Å². The van der Waals surface area contributed by atoms with E-state index in [-0.39, 0.29) is 31.5 Å². The minimum absolute atomic E-state index is 0.0243. The van der Waals surface area contributed by atoms with Crippen molar-refractivity contribution in [1.82, 2.24) is 14.8 Å². The van der Waals surface area contributed by atoms with Crippen molar-refractivity contribution in [2.24, 2.45) is 0 Å². The normalized spacial score (nSPS) is 22.8. The van der Waals surface area contributed by atoms with Gasteiger partial charge < -0.3 is 14.4 Å². The topological polar surface area (TPSA) is 78.7 Å². The number of pyridine rings is 1. The number of nitriles is 1. The van der Waals surface area contributed by atoms with Gasteiger partial charge in [-0.2, -0.15) is 5.26 Å². The Balaban J connectivity index is 1.33. The average molecular weight is 412 g/mol. The fourth-order valence-corrected chi connectivity index (χ4v) is 4.16. The Bertz CT molecular complexity index is 955. The minimum Gasteiger partial charge on any atom is -0.497 e. The maximum absolute atomic E-state index is 13.6. The van der Waals surface area contributed by atoms with Gasteiger partial charge in [-0.25, -0.2) is 4.39 Å². The van der Waals surface area contributed by atoms with E-state index in [4.69, 9.17) is 14.7 Å². The van der Waals surface area contributed by atoms with Gasteiger partial charge in [-0.15, -0.1) is 0 Å². The fourth-order valence-electron chi connectivity index (χ4n) is 4.16. The molecule has 2 aromatic rings. The highest BCUT2D eigenvalue weighted by molar-refractivity contribution is 5.86. The number of rotatable bonds is 5. The molecule has 2 atom stereocenters. The highest BCUT2D eigenvalue weighted by atomic mass is 19.1. The summed E-state index contributed by atoms with van der Waals surface area (Å²) in [5.74, 6) is 1.37. The summed E-state index contributed by atoms with van der Waals surface area (Å²) in [6.07, 6.45) is 2.38. The van der Waals surface area contributed by atoms with E-state index in [1.807, 2.05) is 30.3 Å². The summed E-state index contributed by atoms with van der Waals surface area (Å²) in [5, 5.41) is 10.1. The van der Waals surface area contributed by atoms with Crippen LogP contribution in [0.1, 0.15) is 19.3 Å². The van der Waals surface area contributed by atoms with E-state index in [1.165, 1.54) is 4.90 Å². The van der Waals surface area contributed by atoms with Gasteiger partial charge in [0.25, 0.3) is 0 Å². The van der Waals surface area contributed by atoms with Crippen LogP contribution < -0.4 is 9.47 Å². The number of nitrogens with zero attached hydrogens (tertiary/aromatic N) is 4. The summed E-state index contributed by atoms with van der Waals surface area (Å²) in [7, 11) is 1.63. The molecule has 1 aromatic carbocycles. The fraction of sp³-hybridized carbons (Fsp3) is 0.500. The SMILES string of the molecule is COc1ccc2c(OC3CCN(CC(=O)N4C[C@@H](F)C[C@H]4C#N)CC3)ccnc2c1. The summed E-state index contributed by atoms with van der Waals surface area (Å²) in [4.78, 5) is 20.3. The zero-order valence-corrected chi connectivity index (χ0v) is 17.0. The number of methoxy groups -OCH3 is 1. The summed E-state index contributed by atoms with van der Waals surface area (Å²) in [6.45, 7) is 1.68. The van der Waals surface area contributed by atoms with E-state index in [2.05, 4.69) is 9.88 Å². The molecule has 1 amide bonds. The Morgan fingerprint density at radius 2 is 2.13 bits per heavy atom. The Hall–Kier alpha value is -2.92. The standard InChI is InChI=1S/C22H25FN4O3/c1-29-18-2-3-19-20(11-18)25-7-4-21(19)30-17-5-8-26(9-6-17)14-22(28)27-13-15(23)10-16(27)12-24/h2-4,7,11,15-17H,5-6,8-10,13-14H2,1H3/t15-,16-/m0/s1. The first-order valence-corrected chi connectivity index (χ1v) is 10.2. The van der Waals surface area contributed by atoms with Gasteiger partial charge in [0.05, 0.1) is 31.8 Å². The van der Waals surface area contributed by atoms with Crippen LogP contribution in [-0.2, 0) is 4.79 Å². The Morgan fingerprint density at radius 3 is 2.87 bits per heavy atom. The number of fused-ring (bicyclic) bond motifs is 1. The molecule has 0 aliphatic carbocycles. The molecular formula is C22H25FN4O3. The Kier molecular flexibility index (Phi) is 6.00. The number of aromatic nitrogens is 1. The lowest BCUT2D eigenvalue weighted by Gasteiger charge is -2.33. The number of hydrogen-bond acceptors (Lipinski definition) is 6. The second-order valence-corrected chi connectivity index (χ2v) is 7.81. The van der Waals surface area contributed by atoms with Crippen molar-refractivity contribution < 1.29 is 18.7 Å². The van der Waals surface area contributed by atoms with Crippen LogP contribution in [0.5, 0.6) is 11.5 Å². The predicted molar refractivity (Wildman–Crippen MR) is 109 cm³/mol. The lowest BCUT2D eigenvalue weighted by Crippen LogP contribution is -2.46. The van der Waals surface area contributed by atoms with Gasteiger partial charge >= 0.3 is 0 Å². The summed E-state index contributed by atoms with van der Waals surface area (Å²) in [5.41, 5.74) is 0.818. The molecule has 0 N–H and O–H groups in total. The van der Waals surface area contributed by atoms with E-state index in [0.717, 1.165) is 48.3 Å². The van der Waals surface area contributed by atoms with Crippen LogP contribution in [0, 0.1) is 11.3 Å². The molecule has 7 nitrogen and oxygen atoms in total. The zero-order chi connectivity index (χ0) is 21.1. The monoisotopic (exact) mass is 412 g/mol. The molecule has 3 heterocycles. The van der Waals surface area contributed by atoms with E-state index in [1.54, 1.807) is 13.3 Å². The van der Waals surface area contributed by atoms with Gasteiger partial charge in [-0.1, -0.05) is 0 Å². The number of halogens is 1. The quantitative estimate of drug-likeness (QED) is 0.751. The second kappa shape index (κ2) is 8.84. The third-order valence-electron chi connectivity index (χ3n) is 5.82. The molecule has 0 saturated carbocycles. The molecule has 0 spiro atoms. The third-order valence-corrected chi connectivity index (χ3v) is 5.82. The maximum atomic E-state index is 13.6. The smallest absolute Gasteiger partial charge is 0.237 e. The Morgan fingerprint density at radius 1 is 1.33 bits per heavy atom. The molecule has 4 rings (SSSR count). The van der Waals surface area contributed by atoms with Crippen LogP contribution in [0.25, 0.3) is 10.9 Å². The highest BCUT2D eigenvalue weighted by Gasteiger charge is 2.36. The van der Waals surface area contributed by atoms with Gasteiger partial charge in [0.15, 0.2) is 0 Å². The molecule has 2 saturated heterocycles. The molecule has 8 heteroatoms. The lowest BCUT2D eigenvalue weighted by atomic mass is 10.1. The van der Waals surface area contributed by atoms with Gasteiger partial charge in [0, 0.05) is 37.2 Å². The first-order chi connectivity index (χ1) is 14.6. The number of hydrogen-bond donors (Lipinski definition) is 0. The number of likely N-dealkylation sites (tertiary alicyclic amines) is 2. The molecule has 158 valence electrons. The largest absolute Gasteiger partial charge is 0.497 e. The van der Waals surface area contributed by atoms with Crippen molar-refractivity contribution in [3.8, 4) is 17.6 Å². The van der Waals surface area contributed by atoms with Crippen LogP contribution in [0.15, 0.2) is 30.5 Å². The predicted octanol–water partition coefficient (Wildman–Crippen LogP) is 2.55. The Labute approximate surface area is 175 Å². The molecule has 2 aliphatic heterocycles. The maximum Gasteiger partial charge on any atom is 0.237 e. The highest BCUT2D eigenvalue weighted by Crippen LogP contribution is 2.29. The number of piperidine rings is 1. The second-order valence-electron chi connectivity index (χ2n) is 7.81. The van der Waals surface area contributed by atoms with Gasteiger partial charge in [0.2, 0.25) is 5.91 Å². The van der Waals surface area contributed by atoms with Crippen LogP contribution in [0.2, 0.25) is 0 Å². The van der Waals surface area contributed by atoms with Crippen molar-refractivity contribution in [1.29, 1.82) is 5.26 Å². The summed E-state index contributed by atoms with van der Waals surface area (Å²) >= 11 is 0. The number of alkyl halides is 1. The van der Waals surface area contributed by atoms with Crippen molar-refractivity contribution in [2.75, 3.05) is 33.3 Å². The molecule has 30 heavy (non-hydrogen) atoms. The molecule has 2 fully saturated rings.